The maximum Gasteiger partial charge on any atom is 0.279 e. The third kappa shape index (κ3) is 4.79. The molecular formula is C18H25N4O3+. The molecule has 2 aliphatic rings. The molecule has 0 unspecified atom stereocenters. The second kappa shape index (κ2) is 7.65. The zero-order valence-corrected chi connectivity index (χ0v) is 14.5. The molecule has 0 radical (unpaired) electrons. The number of hydrogen-bond donors (Lipinski definition) is 3. The first-order valence-electron chi connectivity index (χ1n) is 8.82. The van der Waals surface area contributed by atoms with Crippen LogP contribution in [0.5, 0.6) is 0 Å². The number of quaternary nitrogens is 1. The highest BCUT2D eigenvalue weighted by molar-refractivity contribution is 6.04. The fraction of sp³-hybridized carbons (Fsp3) is 0.500. The van der Waals surface area contributed by atoms with E-state index >= 15 is 0 Å². The molecule has 0 aromatic heterocycles. The Balaban J connectivity index is 1.54. The van der Waals surface area contributed by atoms with Gasteiger partial charge in [-0.2, -0.15) is 0 Å². The lowest BCUT2D eigenvalue weighted by Gasteiger charge is -2.31. The third-order valence-corrected chi connectivity index (χ3v) is 4.68. The Morgan fingerprint density at radius 1 is 1.16 bits per heavy atom. The van der Waals surface area contributed by atoms with Crippen LogP contribution in [0, 0.1) is 0 Å². The first-order valence-corrected chi connectivity index (χ1v) is 8.82. The van der Waals surface area contributed by atoms with Gasteiger partial charge in [-0.15, -0.1) is 0 Å². The minimum absolute atomic E-state index is 0.0825. The van der Waals surface area contributed by atoms with Crippen molar-refractivity contribution in [2.45, 2.75) is 25.8 Å². The molecule has 1 aromatic carbocycles. The van der Waals surface area contributed by atoms with Crippen LogP contribution < -0.4 is 15.5 Å². The lowest BCUT2D eigenvalue weighted by Crippen LogP contribution is -3.15. The van der Waals surface area contributed by atoms with Gasteiger partial charge < -0.3 is 20.4 Å². The van der Waals surface area contributed by atoms with Gasteiger partial charge in [0.1, 0.15) is 0 Å². The minimum Gasteiger partial charge on any atom is -0.349 e. The topological polar surface area (TPSA) is 83.0 Å². The molecular weight excluding hydrogens is 320 g/mol. The highest BCUT2D eigenvalue weighted by atomic mass is 16.2. The highest BCUT2D eigenvalue weighted by Gasteiger charge is 2.26. The van der Waals surface area contributed by atoms with Crippen LogP contribution in [-0.2, 0) is 9.59 Å². The normalized spacial score (nSPS) is 17.9. The fourth-order valence-corrected chi connectivity index (χ4v) is 3.02. The number of hydrogen-bond acceptors (Lipinski definition) is 3. The van der Waals surface area contributed by atoms with Crippen molar-refractivity contribution in [2.24, 2.45) is 0 Å². The smallest absolute Gasteiger partial charge is 0.279 e. The second-order valence-electron chi connectivity index (χ2n) is 6.77. The van der Waals surface area contributed by atoms with E-state index in [1.165, 1.54) is 0 Å². The van der Waals surface area contributed by atoms with Gasteiger partial charge in [0.15, 0.2) is 6.54 Å². The lowest BCUT2D eigenvalue weighted by atomic mass is 10.1. The van der Waals surface area contributed by atoms with Crippen LogP contribution in [0.2, 0.25) is 0 Å². The van der Waals surface area contributed by atoms with Crippen LogP contribution in [0.4, 0.5) is 5.69 Å². The number of nitrogens with zero attached hydrogens (tertiary/aromatic N) is 1. The predicted octanol–water partition coefficient (Wildman–Crippen LogP) is -0.736. The van der Waals surface area contributed by atoms with E-state index in [1.54, 1.807) is 30.0 Å². The molecule has 1 aliphatic carbocycles. The van der Waals surface area contributed by atoms with Gasteiger partial charge in [-0.25, -0.2) is 0 Å². The zero-order valence-electron chi connectivity index (χ0n) is 14.5. The SMILES string of the molecule is CC(=O)N1CC[NH+](CC(=O)Nc2ccccc2C(=O)NC2CC2)CC1. The van der Waals surface area contributed by atoms with Gasteiger partial charge in [0.05, 0.1) is 37.4 Å². The van der Waals surface area contributed by atoms with Gasteiger partial charge in [-0.1, -0.05) is 12.1 Å². The number of benzene rings is 1. The van der Waals surface area contributed by atoms with E-state index in [-0.39, 0.29) is 23.8 Å². The molecule has 0 atom stereocenters. The van der Waals surface area contributed by atoms with Crippen LogP contribution in [0.25, 0.3) is 0 Å². The zero-order chi connectivity index (χ0) is 17.8. The third-order valence-electron chi connectivity index (χ3n) is 4.68. The molecule has 1 aliphatic heterocycles. The van der Waals surface area contributed by atoms with E-state index in [4.69, 9.17) is 0 Å². The highest BCUT2D eigenvalue weighted by Crippen LogP contribution is 2.21. The molecule has 134 valence electrons. The average molecular weight is 345 g/mol. The number of anilines is 1. The van der Waals surface area contributed by atoms with Gasteiger partial charge in [0.25, 0.3) is 11.8 Å². The number of carbonyl (C=O) groups is 3. The minimum atomic E-state index is -0.138. The molecule has 0 spiro atoms. The largest absolute Gasteiger partial charge is 0.349 e. The van der Waals surface area contributed by atoms with E-state index in [0.29, 0.717) is 30.9 Å². The maximum absolute atomic E-state index is 12.4. The summed E-state index contributed by atoms with van der Waals surface area (Å²) in [6, 6.07) is 7.36. The summed E-state index contributed by atoms with van der Waals surface area (Å²) in [6.45, 7) is 4.79. The van der Waals surface area contributed by atoms with Crippen molar-refractivity contribution in [1.29, 1.82) is 0 Å². The van der Waals surface area contributed by atoms with Crippen molar-refractivity contribution in [3.05, 3.63) is 29.8 Å². The fourth-order valence-electron chi connectivity index (χ4n) is 3.02. The summed E-state index contributed by atoms with van der Waals surface area (Å²) < 4.78 is 0. The van der Waals surface area contributed by atoms with Crippen molar-refractivity contribution in [3.63, 3.8) is 0 Å². The Morgan fingerprint density at radius 2 is 1.84 bits per heavy atom. The van der Waals surface area contributed by atoms with Gasteiger partial charge in [0.2, 0.25) is 5.91 Å². The van der Waals surface area contributed by atoms with Crippen LogP contribution in [0.3, 0.4) is 0 Å². The molecule has 1 heterocycles. The van der Waals surface area contributed by atoms with Crippen LogP contribution in [-0.4, -0.2) is 61.4 Å². The Labute approximate surface area is 147 Å². The van der Waals surface area contributed by atoms with E-state index in [1.807, 2.05) is 6.07 Å². The molecule has 2 fully saturated rings. The number of para-hydroxylation sites is 1. The number of carbonyl (C=O) groups excluding carboxylic acids is 3. The molecule has 7 nitrogen and oxygen atoms in total. The van der Waals surface area contributed by atoms with Crippen molar-refractivity contribution in [2.75, 3.05) is 38.0 Å². The van der Waals surface area contributed by atoms with Crippen molar-refractivity contribution in [1.82, 2.24) is 10.2 Å². The predicted molar refractivity (Wildman–Crippen MR) is 93.4 cm³/mol. The molecule has 3 amide bonds. The van der Waals surface area contributed by atoms with Crippen LogP contribution in [0.15, 0.2) is 24.3 Å². The van der Waals surface area contributed by atoms with E-state index in [0.717, 1.165) is 30.8 Å². The number of amides is 3. The average Bonchev–Trinajstić information content (AvgIpc) is 3.39. The quantitative estimate of drug-likeness (QED) is 0.658. The molecule has 3 N–H and O–H groups in total. The first-order chi connectivity index (χ1) is 12.0. The van der Waals surface area contributed by atoms with Crippen molar-refractivity contribution >= 4 is 23.4 Å². The molecule has 1 saturated heterocycles. The number of rotatable bonds is 5. The summed E-state index contributed by atoms with van der Waals surface area (Å²) in [4.78, 5) is 38.9. The van der Waals surface area contributed by atoms with Gasteiger partial charge in [0, 0.05) is 13.0 Å². The Hall–Kier alpha value is -2.41. The molecule has 25 heavy (non-hydrogen) atoms. The molecule has 0 bridgehead atoms. The summed E-state index contributed by atoms with van der Waals surface area (Å²) in [5, 5.41) is 5.81. The molecule has 1 aromatic rings. The maximum atomic E-state index is 12.4. The summed E-state index contributed by atoms with van der Waals surface area (Å²) in [6.07, 6.45) is 2.05. The molecule has 7 heteroatoms. The van der Waals surface area contributed by atoms with E-state index in [2.05, 4.69) is 10.6 Å². The van der Waals surface area contributed by atoms with Gasteiger partial charge in [-0.3, -0.25) is 14.4 Å². The van der Waals surface area contributed by atoms with Gasteiger partial charge in [-0.05, 0) is 25.0 Å². The Bertz CT molecular complexity index is 664. The standard InChI is InChI=1S/C18H24N4O3/c1-13(23)22-10-8-21(9-11-22)12-17(24)20-16-5-3-2-4-15(16)18(25)19-14-6-7-14/h2-5,14H,6-12H2,1H3,(H,19,25)(H,20,24)/p+1. The van der Waals surface area contributed by atoms with Crippen LogP contribution in [0.1, 0.15) is 30.1 Å². The van der Waals surface area contributed by atoms with E-state index in [9.17, 15) is 14.4 Å². The Kier molecular flexibility index (Phi) is 5.33. The number of nitrogens with one attached hydrogen (secondary N) is 3. The van der Waals surface area contributed by atoms with Crippen LogP contribution >= 0.6 is 0 Å². The monoisotopic (exact) mass is 345 g/mol. The second-order valence-corrected chi connectivity index (χ2v) is 6.77. The lowest BCUT2D eigenvalue weighted by molar-refractivity contribution is -0.895. The van der Waals surface area contributed by atoms with Crippen molar-refractivity contribution in [3.8, 4) is 0 Å². The molecule has 3 rings (SSSR count). The molecule has 1 saturated carbocycles. The van der Waals surface area contributed by atoms with Gasteiger partial charge >= 0.3 is 0 Å². The summed E-state index contributed by atoms with van der Waals surface area (Å²) in [5.41, 5.74) is 1.05. The summed E-state index contributed by atoms with van der Waals surface area (Å²) in [7, 11) is 0. The summed E-state index contributed by atoms with van der Waals surface area (Å²) >= 11 is 0. The number of piperazine rings is 1. The van der Waals surface area contributed by atoms with Crippen molar-refractivity contribution < 1.29 is 19.3 Å². The Morgan fingerprint density at radius 3 is 2.48 bits per heavy atom. The first kappa shape index (κ1) is 17.4. The van der Waals surface area contributed by atoms with E-state index < -0.39 is 0 Å². The summed E-state index contributed by atoms with van der Waals surface area (Å²) in [5.74, 6) is -0.169.